The summed E-state index contributed by atoms with van der Waals surface area (Å²) < 4.78 is 0.776. The van der Waals surface area contributed by atoms with E-state index in [4.69, 9.17) is 9.68 Å². The lowest BCUT2D eigenvalue weighted by Crippen LogP contribution is -2.20. The Morgan fingerprint density at radius 2 is 0.950 bits per heavy atom. The van der Waals surface area contributed by atoms with Gasteiger partial charge in [0.15, 0.2) is 0 Å². The van der Waals surface area contributed by atoms with Crippen molar-refractivity contribution in [1.29, 1.82) is 0 Å². The van der Waals surface area contributed by atoms with Gasteiger partial charge in [-0.3, -0.25) is 20.2 Å². The van der Waals surface area contributed by atoms with Gasteiger partial charge in [-0.15, -0.1) is 9.46 Å². The molecule has 0 amide bonds. The smallest absolute Gasteiger partial charge is 0.365 e. The van der Waals surface area contributed by atoms with Crippen LogP contribution in [0.5, 0.6) is 23.5 Å². The van der Waals surface area contributed by atoms with Crippen LogP contribution in [0.3, 0.4) is 0 Å². The topological polar surface area (TPSA) is 230 Å². The molecular formula is C22H14N4O12S2. The Kier molecular flexibility index (Phi) is 7.73. The van der Waals surface area contributed by atoms with E-state index in [1.54, 1.807) is 0 Å². The van der Waals surface area contributed by atoms with Gasteiger partial charge in [0.2, 0.25) is 23.5 Å². The van der Waals surface area contributed by atoms with Crippen LogP contribution in [0.4, 0.5) is 11.4 Å². The van der Waals surface area contributed by atoms with Gasteiger partial charge >= 0.3 is 11.9 Å². The Bertz CT molecular complexity index is 1500. The van der Waals surface area contributed by atoms with Crippen molar-refractivity contribution in [2.24, 2.45) is 0 Å². The first-order valence-corrected chi connectivity index (χ1v) is 12.7. The summed E-state index contributed by atoms with van der Waals surface area (Å²) in [7, 11) is 1.61. The monoisotopic (exact) mass is 590 g/mol. The fraction of sp³-hybridized carbons (Fsp3) is 0. The highest BCUT2D eigenvalue weighted by Crippen LogP contribution is 2.42. The molecule has 4 N–H and O–H groups in total. The third-order valence-corrected chi connectivity index (χ3v) is 7.43. The van der Waals surface area contributed by atoms with Crippen LogP contribution in [-0.4, -0.2) is 51.7 Å². The lowest BCUT2D eigenvalue weighted by Gasteiger charge is -2.12. The molecule has 2 aromatic heterocycles. The molecule has 4 rings (SSSR count). The van der Waals surface area contributed by atoms with Crippen LogP contribution in [0.15, 0.2) is 70.5 Å². The van der Waals surface area contributed by atoms with Gasteiger partial charge in [0.05, 0.1) is 21.0 Å². The number of nitro groups is 2. The third kappa shape index (κ3) is 5.71. The number of nitro benzene ring substituents is 2. The largest absolute Gasteiger partial charge is 0.492 e. The summed E-state index contributed by atoms with van der Waals surface area (Å²) in [5.41, 5.74) is -1.67. The maximum Gasteiger partial charge on any atom is 0.365 e. The standard InChI is InChI=1S/C22H14N4O12S2/c27-17-5-6-18(28)23(17)37-21(31)13-9-11(25(33)34)1-3-15(13)39-40-16-4-2-12(26(35)36)10-14(16)22(32)38-24-19(29)7-8-20(24)30/h1-10,27-30H. The van der Waals surface area contributed by atoms with Crippen LogP contribution in [0.2, 0.25) is 0 Å². The van der Waals surface area contributed by atoms with Crippen molar-refractivity contribution in [2.45, 2.75) is 9.79 Å². The van der Waals surface area contributed by atoms with Gasteiger partial charge in [0.25, 0.3) is 11.4 Å². The molecule has 2 aromatic carbocycles. The van der Waals surface area contributed by atoms with Crippen molar-refractivity contribution in [1.82, 2.24) is 9.46 Å². The number of carbonyl (C=O) groups is 2. The van der Waals surface area contributed by atoms with Crippen molar-refractivity contribution in [3.05, 3.63) is 92.0 Å². The highest BCUT2D eigenvalue weighted by molar-refractivity contribution is 8.76. The fourth-order valence-electron chi connectivity index (χ4n) is 3.07. The van der Waals surface area contributed by atoms with Crippen LogP contribution in [0.25, 0.3) is 0 Å². The van der Waals surface area contributed by atoms with Gasteiger partial charge in [-0.25, -0.2) is 9.59 Å². The average molecular weight is 591 g/mol. The van der Waals surface area contributed by atoms with Gasteiger partial charge in [-0.2, -0.15) is 0 Å². The van der Waals surface area contributed by atoms with Gasteiger partial charge in [0.1, 0.15) is 0 Å². The number of nitrogens with zero attached hydrogens (tertiary/aromatic N) is 4. The van der Waals surface area contributed by atoms with E-state index in [0.29, 0.717) is 9.46 Å². The SMILES string of the molecule is O=C(On1c(O)ccc1O)c1cc([N+](=O)[O-])ccc1SSc1ccc([N+](=O)[O-])cc1C(=O)On1c(O)ccc1O. The number of aromatic nitrogens is 2. The molecule has 0 saturated heterocycles. The van der Waals surface area contributed by atoms with E-state index in [-0.39, 0.29) is 20.9 Å². The van der Waals surface area contributed by atoms with E-state index in [2.05, 4.69) is 0 Å². The second kappa shape index (κ2) is 11.2. The number of hydrogen-bond donors (Lipinski definition) is 4. The molecule has 2 heterocycles. The molecule has 0 unspecified atom stereocenters. The first-order chi connectivity index (χ1) is 19.0. The zero-order valence-electron chi connectivity index (χ0n) is 19.4. The van der Waals surface area contributed by atoms with Gasteiger partial charge in [0, 0.05) is 58.3 Å². The summed E-state index contributed by atoms with van der Waals surface area (Å²) in [5, 5.41) is 61.6. The van der Waals surface area contributed by atoms with E-state index >= 15 is 0 Å². The second-order valence-electron chi connectivity index (χ2n) is 7.49. The predicted molar refractivity (Wildman–Crippen MR) is 135 cm³/mol. The Morgan fingerprint density at radius 1 is 0.625 bits per heavy atom. The quantitative estimate of drug-likeness (QED) is 0.125. The predicted octanol–water partition coefficient (Wildman–Crippen LogP) is 3.27. The van der Waals surface area contributed by atoms with Gasteiger partial charge in [-0.05, 0) is 12.1 Å². The summed E-state index contributed by atoms with van der Waals surface area (Å²) in [5.74, 6) is -4.92. The number of benzene rings is 2. The number of rotatable bonds is 9. The highest BCUT2D eigenvalue weighted by atomic mass is 33.1. The van der Waals surface area contributed by atoms with Crippen molar-refractivity contribution in [3.8, 4) is 23.5 Å². The van der Waals surface area contributed by atoms with E-state index < -0.39 is 56.7 Å². The fourth-order valence-corrected chi connectivity index (χ4v) is 5.37. The van der Waals surface area contributed by atoms with Crippen molar-refractivity contribution in [2.75, 3.05) is 0 Å². The molecule has 0 aliphatic heterocycles. The molecule has 0 fully saturated rings. The molecule has 0 radical (unpaired) electrons. The maximum absolute atomic E-state index is 12.9. The normalized spacial score (nSPS) is 10.7. The number of non-ortho nitro benzene ring substituents is 2. The minimum atomic E-state index is -1.20. The number of aromatic hydroxyl groups is 4. The van der Waals surface area contributed by atoms with Gasteiger partial charge in [-0.1, -0.05) is 21.6 Å². The van der Waals surface area contributed by atoms with E-state index in [0.717, 1.165) is 70.1 Å². The molecule has 4 aromatic rings. The van der Waals surface area contributed by atoms with E-state index in [1.807, 2.05) is 0 Å². The Labute approximate surface area is 229 Å². The van der Waals surface area contributed by atoms with E-state index in [1.165, 1.54) is 12.1 Å². The zero-order chi connectivity index (χ0) is 29.1. The molecule has 0 spiro atoms. The average Bonchev–Trinajstić information content (AvgIpc) is 3.41. The summed E-state index contributed by atoms with van der Waals surface area (Å²) in [6.07, 6.45) is 0. The van der Waals surface area contributed by atoms with Crippen LogP contribution in [0, 0.1) is 20.2 Å². The first-order valence-electron chi connectivity index (χ1n) is 10.5. The number of hydrogen-bond acceptors (Lipinski definition) is 14. The lowest BCUT2D eigenvalue weighted by molar-refractivity contribution is -0.385. The second-order valence-corrected chi connectivity index (χ2v) is 9.70. The number of carbonyl (C=O) groups excluding carboxylic acids is 2. The zero-order valence-corrected chi connectivity index (χ0v) is 21.1. The molecule has 0 saturated carbocycles. The van der Waals surface area contributed by atoms with Gasteiger partial charge < -0.3 is 30.1 Å². The van der Waals surface area contributed by atoms with Crippen LogP contribution >= 0.6 is 21.6 Å². The molecule has 206 valence electrons. The van der Waals surface area contributed by atoms with Crippen molar-refractivity contribution in [3.63, 3.8) is 0 Å². The minimum absolute atomic E-state index is 0.0742. The molecule has 16 nitrogen and oxygen atoms in total. The summed E-state index contributed by atoms with van der Waals surface area (Å²) in [6.45, 7) is 0. The van der Waals surface area contributed by atoms with Crippen LogP contribution < -0.4 is 9.68 Å². The van der Waals surface area contributed by atoms with Crippen molar-refractivity contribution >= 4 is 44.9 Å². The molecule has 40 heavy (non-hydrogen) atoms. The molecule has 0 atom stereocenters. The highest BCUT2D eigenvalue weighted by Gasteiger charge is 2.25. The third-order valence-electron chi connectivity index (χ3n) is 4.95. The Balaban J connectivity index is 1.66. The lowest BCUT2D eigenvalue weighted by atomic mass is 10.2. The molecule has 0 aliphatic rings. The molecular weight excluding hydrogens is 576 g/mol. The maximum atomic E-state index is 12.9. The Morgan fingerprint density at radius 3 is 1.25 bits per heavy atom. The van der Waals surface area contributed by atoms with Crippen LogP contribution in [0.1, 0.15) is 20.7 Å². The summed E-state index contributed by atoms with van der Waals surface area (Å²) in [6, 6.07) is 10.5. The summed E-state index contributed by atoms with van der Waals surface area (Å²) in [4.78, 5) is 56.8. The molecule has 18 heteroatoms. The molecule has 0 aliphatic carbocycles. The summed E-state index contributed by atoms with van der Waals surface area (Å²) >= 11 is 0. The molecule has 0 bridgehead atoms. The van der Waals surface area contributed by atoms with Crippen LogP contribution in [-0.2, 0) is 0 Å². The first kappa shape index (κ1) is 27.7. The van der Waals surface area contributed by atoms with Crippen molar-refractivity contribution < 1.29 is 49.5 Å². The Hall–Kier alpha value is -5.36. The van der Waals surface area contributed by atoms with E-state index in [9.17, 15) is 50.2 Å². The minimum Gasteiger partial charge on any atom is -0.492 e.